The second kappa shape index (κ2) is 8.62. The molecule has 0 aliphatic rings. The number of nitrogen functional groups attached to an aromatic ring is 1. The Balaban J connectivity index is 1.60. The summed E-state index contributed by atoms with van der Waals surface area (Å²) in [6.07, 6.45) is 2.44. The minimum atomic E-state index is -4.68. The third-order valence-electron chi connectivity index (χ3n) is 5.60. The monoisotopic (exact) mass is 501 g/mol. The Bertz CT molecular complexity index is 1560. The van der Waals surface area contributed by atoms with Crippen molar-refractivity contribution in [2.45, 2.75) is 25.6 Å². The molecule has 0 amide bonds. The molecule has 0 aliphatic heterocycles. The van der Waals surface area contributed by atoms with E-state index in [0.717, 1.165) is 24.5 Å². The van der Waals surface area contributed by atoms with Crippen LogP contribution in [0.15, 0.2) is 49.3 Å². The van der Waals surface area contributed by atoms with E-state index in [1.54, 1.807) is 17.0 Å². The summed E-state index contributed by atoms with van der Waals surface area (Å²) in [5, 5.41) is 8.63. The first-order valence-corrected chi connectivity index (χ1v) is 10.6. The van der Waals surface area contributed by atoms with Crippen LogP contribution in [0.5, 0.6) is 0 Å². The average molecular weight is 501 g/mol. The molecule has 0 bridgehead atoms. The Hall–Kier alpha value is -4.49. The summed E-state index contributed by atoms with van der Waals surface area (Å²) in [5.41, 5.74) is 7.99. The molecule has 1 unspecified atom stereocenters. The number of nitrogens with zero attached hydrogens (tertiary/aromatic N) is 8. The van der Waals surface area contributed by atoms with Gasteiger partial charge in [-0.25, -0.2) is 33.4 Å². The first-order chi connectivity index (χ1) is 17.2. The van der Waals surface area contributed by atoms with Crippen LogP contribution in [0, 0.1) is 11.6 Å². The van der Waals surface area contributed by atoms with Crippen molar-refractivity contribution in [1.29, 1.82) is 0 Å². The molecule has 0 fully saturated rings. The lowest BCUT2D eigenvalue weighted by Gasteiger charge is -2.15. The van der Waals surface area contributed by atoms with Crippen LogP contribution in [0.25, 0.3) is 27.8 Å². The highest BCUT2D eigenvalue weighted by Crippen LogP contribution is 2.36. The highest BCUT2D eigenvalue weighted by Gasteiger charge is 2.34. The summed E-state index contributed by atoms with van der Waals surface area (Å²) in [6, 6.07) is 2.90. The number of hydrogen-bond donors (Lipinski definition) is 1. The zero-order valence-electron chi connectivity index (χ0n) is 18.4. The van der Waals surface area contributed by atoms with E-state index in [1.165, 1.54) is 17.1 Å². The third-order valence-corrected chi connectivity index (χ3v) is 5.60. The molecule has 0 aliphatic carbocycles. The van der Waals surface area contributed by atoms with Crippen molar-refractivity contribution < 1.29 is 22.0 Å². The maximum absolute atomic E-state index is 13.7. The van der Waals surface area contributed by atoms with Crippen molar-refractivity contribution in [3.05, 3.63) is 72.5 Å². The van der Waals surface area contributed by atoms with Gasteiger partial charge in [0, 0.05) is 35.8 Å². The fourth-order valence-corrected chi connectivity index (χ4v) is 3.91. The van der Waals surface area contributed by atoms with E-state index < -0.39 is 29.7 Å². The van der Waals surface area contributed by atoms with Gasteiger partial charge in [-0.3, -0.25) is 0 Å². The number of benzene rings is 1. The molecule has 4 heterocycles. The van der Waals surface area contributed by atoms with Gasteiger partial charge in [0.25, 0.3) is 0 Å². The van der Waals surface area contributed by atoms with Gasteiger partial charge in [-0.1, -0.05) is 12.1 Å². The van der Waals surface area contributed by atoms with Crippen molar-refractivity contribution in [3.8, 4) is 16.8 Å². The molecular formula is C22H16F5N9. The largest absolute Gasteiger partial charge is 0.451 e. The molecular weight excluding hydrogens is 485 g/mol. The lowest BCUT2D eigenvalue weighted by Crippen LogP contribution is -2.10. The predicted molar refractivity (Wildman–Crippen MR) is 118 cm³/mol. The summed E-state index contributed by atoms with van der Waals surface area (Å²) in [4.78, 5) is 15.2. The summed E-state index contributed by atoms with van der Waals surface area (Å²) in [6.45, 7) is 1.89. The van der Waals surface area contributed by atoms with Crippen LogP contribution < -0.4 is 5.73 Å². The Morgan fingerprint density at radius 3 is 2.42 bits per heavy atom. The van der Waals surface area contributed by atoms with Crippen LogP contribution in [0.2, 0.25) is 0 Å². The molecule has 0 saturated carbocycles. The van der Waals surface area contributed by atoms with Crippen LogP contribution in [0.1, 0.15) is 30.9 Å². The van der Waals surface area contributed by atoms with Gasteiger partial charge < -0.3 is 10.3 Å². The number of nitrogens with two attached hydrogens (primary N) is 1. The highest BCUT2D eigenvalue weighted by atomic mass is 19.4. The van der Waals surface area contributed by atoms with Gasteiger partial charge in [0.2, 0.25) is 5.82 Å². The molecule has 0 spiro atoms. The number of anilines is 1. The predicted octanol–water partition coefficient (Wildman–Crippen LogP) is 4.35. The number of halogens is 5. The second-order valence-corrected chi connectivity index (χ2v) is 7.81. The number of aromatic nitrogens is 8. The molecule has 14 heteroatoms. The Labute approximate surface area is 199 Å². The van der Waals surface area contributed by atoms with Gasteiger partial charge in [-0.05, 0) is 18.6 Å². The number of alkyl halides is 3. The van der Waals surface area contributed by atoms with E-state index in [4.69, 9.17) is 5.73 Å². The molecule has 36 heavy (non-hydrogen) atoms. The van der Waals surface area contributed by atoms with Crippen molar-refractivity contribution in [2.24, 2.45) is 0 Å². The summed E-state index contributed by atoms with van der Waals surface area (Å²) < 4.78 is 68.8. The van der Waals surface area contributed by atoms with Crippen molar-refractivity contribution in [1.82, 2.24) is 39.5 Å². The molecule has 5 aromatic rings. The average Bonchev–Trinajstić information content (AvgIpc) is 3.48. The summed E-state index contributed by atoms with van der Waals surface area (Å²) in [5.74, 6) is -3.15. The SMILES string of the molecule is CCC(c1cn(-c2ccc(F)c(F)c2)nn1)n1cc(-c2cnc(C(F)(F)F)nc2)c2c(N)ncnc21. The molecule has 1 aromatic carbocycles. The topological polar surface area (TPSA) is 113 Å². The van der Waals surface area contributed by atoms with E-state index in [9.17, 15) is 22.0 Å². The van der Waals surface area contributed by atoms with E-state index in [0.29, 0.717) is 28.7 Å². The number of rotatable bonds is 5. The lowest BCUT2D eigenvalue weighted by molar-refractivity contribution is -0.144. The minimum Gasteiger partial charge on any atom is -0.383 e. The van der Waals surface area contributed by atoms with Gasteiger partial charge in [0.1, 0.15) is 23.5 Å². The van der Waals surface area contributed by atoms with E-state index >= 15 is 0 Å². The Morgan fingerprint density at radius 2 is 1.75 bits per heavy atom. The fraction of sp³-hybridized carbons (Fsp3) is 0.182. The van der Waals surface area contributed by atoms with Crippen LogP contribution >= 0.6 is 0 Å². The maximum Gasteiger partial charge on any atom is 0.451 e. The summed E-state index contributed by atoms with van der Waals surface area (Å²) in [7, 11) is 0. The van der Waals surface area contributed by atoms with Gasteiger partial charge in [-0.15, -0.1) is 5.10 Å². The molecule has 1 atom stereocenters. The zero-order valence-corrected chi connectivity index (χ0v) is 18.4. The lowest BCUT2D eigenvalue weighted by atomic mass is 10.1. The molecule has 9 nitrogen and oxygen atoms in total. The van der Waals surface area contributed by atoms with Crippen molar-refractivity contribution >= 4 is 16.9 Å². The smallest absolute Gasteiger partial charge is 0.383 e. The maximum atomic E-state index is 13.7. The second-order valence-electron chi connectivity index (χ2n) is 7.81. The number of fused-ring (bicyclic) bond motifs is 1. The molecule has 5 rings (SSSR count). The number of hydrogen-bond acceptors (Lipinski definition) is 7. The van der Waals surface area contributed by atoms with Gasteiger partial charge in [0.15, 0.2) is 11.6 Å². The quantitative estimate of drug-likeness (QED) is 0.356. The Morgan fingerprint density at radius 1 is 1.00 bits per heavy atom. The first kappa shape index (κ1) is 23.3. The van der Waals surface area contributed by atoms with Gasteiger partial charge in [-0.2, -0.15) is 13.2 Å². The Kier molecular flexibility index (Phi) is 5.57. The molecule has 0 saturated heterocycles. The normalized spacial score (nSPS) is 12.8. The van der Waals surface area contributed by atoms with Crippen LogP contribution in [-0.2, 0) is 6.18 Å². The van der Waals surface area contributed by atoms with Gasteiger partial charge in [0.05, 0.1) is 23.3 Å². The van der Waals surface area contributed by atoms with E-state index in [1.807, 2.05) is 6.92 Å². The van der Waals surface area contributed by atoms with Crippen molar-refractivity contribution in [2.75, 3.05) is 5.73 Å². The van der Waals surface area contributed by atoms with Crippen LogP contribution in [-0.4, -0.2) is 39.5 Å². The van der Waals surface area contributed by atoms with Crippen molar-refractivity contribution in [3.63, 3.8) is 0 Å². The fourth-order valence-electron chi connectivity index (χ4n) is 3.91. The molecule has 4 aromatic heterocycles. The first-order valence-electron chi connectivity index (χ1n) is 10.6. The molecule has 184 valence electrons. The standard InChI is InChI=1S/C22H16F5N9/c1-2-17(16-9-36(34-33-16)12-3-4-14(23)15(24)5-12)35-8-13(18-19(28)31-10-32-20(18)35)11-6-29-21(30-7-11)22(25,26)27/h3-10,17H,2H2,1H3,(H2,28,31,32). The van der Waals surface area contributed by atoms with E-state index in [2.05, 4.69) is 30.2 Å². The summed E-state index contributed by atoms with van der Waals surface area (Å²) >= 11 is 0. The minimum absolute atomic E-state index is 0.119. The zero-order chi connectivity index (χ0) is 25.6. The van der Waals surface area contributed by atoms with Crippen LogP contribution in [0.4, 0.5) is 27.8 Å². The highest BCUT2D eigenvalue weighted by molar-refractivity contribution is 6.00. The molecule has 0 radical (unpaired) electrons. The van der Waals surface area contributed by atoms with Crippen LogP contribution in [0.3, 0.4) is 0 Å². The molecule has 2 N–H and O–H groups in total. The van der Waals surface area contributed by atoms with E-state index in [-0.39, 0.29) is 17.1 Å². The van der Waals surface area contributed by atoms with Gasteiger partial charge >= 0.3 is 6.18 Å². The third kappa shape index (κ3) is 3.99.